The Hall–Kier alpha value is -0.890. The number of likely N-dealkylation sites (N-methyl/N-ethyl adjacent to an activating group) is 1. The minimum atomic E-state index is -0.318. The molecule has 31 heavy (non-hydrogen) atoms. The number of piperidine rings is 1. The van der Waals surface area contributed by atoms with E-state index in [0.29, 0.717) is 19.0 Å². The van der Waals surface area contributed by atoms with Crippen molar-refractivity contribution in [2.45, 2.75) is 82.5 Å². The summed E-state index contributed by atoms with van der Waals surface area (Å²) in [6.45, 7) is 9.08. The minimum Gasteiger partial charge on any atom is -0.381 e. The zero-order valence-electron chi connectivity index (χ0n) is 19.4. The molecule has 0 aromatic rings. The lowest BCUT2D eigenvalue weighted by molar-refractivity contribution is -0.137. The monoisotopic (exact) mass is 457 g/mol. The maximum atomic E-state index is 13.2. The molecule has 3 aliphatic rings. The predicted molar refractivity (Wildman–Crippen MR) is 121 cm³/mol. The normalized spacial score (nSPS) is 37.5. The van der Waals surface area contributed by atoms with Gasteiger partial charge in [0.1, 0.15) is 0 Å². The summed E-state index contributed by atoms with van der Waals surface area (Å²) < 4.78 is 11.5. The number of methoxy groups -OCH3 is 1. The van der Waals surface area contributed by atoms with Gasteiger partial charge < -0.3 is 20.1 Å². The summed E-state index contributed by atoms with van der Waals surface area (Å²) in [6, 6.07) is 0.720. The maximum absolute atomic E-state index is 13.2. The van der Waals surface area contributed by atoms with Gasteiger partial charge in [-0.1, -0.05) is 13.8 Å². The van der Waals surface area contributed by atoms with Gasteiger partial charge in [-0.2, -0.15) is 0 Å². The van der Waals surface area contributed by atoms with E-state index >= 15 is 0 Å². The van der Waals surface area contributed by atoms with Gasteiger partial charge in [-0.3, -0.25) is 14.5 Å². The van der Waals surface area contributed by atoms with Crippen molar-refractivity contribution in [1.82, 2.24) is 15.5 Å². The highest BCUT2D eigenvalue weighted by molar-refractivity contribution is 6.20. The first-order chi connectivity index (χ1) is 14.8. The van der Waals surface area contributed by atoms with Crippen LogP contribution in [-0.4, -0.2) is 79.7 Å². The Balaban J connectivity index is 1.67. The van der Waals surface area contributed by atoms with Crippen LogP contribution in [0.25, 0.3) is 0 Å². The van der Waals surface area contributed by atoms with Crippen LogP contribution in [0.15, 0.2) is 0 Å². The number of nitrogens with one attached hydrogen (secondary N) is 2. The summed E-state index contributed by atoms with van der Waals surface area (Å²) >= 11 is 6.67. The molecule has 2 aliphatic heterocycles. The predicted octanol–water partition coefficient (Wildman–Crippen LogP) is 2.17. The maximum Gasteiger partial charge on any atom is 0.225 e. The SMILES string of the molecule is CCN(C1CCOCC1)C1CC(Cl)CC(C(=O)NCC2C(=O)NC(C)CC2C)C1OC. The molecule has 0 bridgehead atoms. The molecule has 1 saturated carbocycles. The molecule has 178 valence electrons. The Labute approximate surface area is 191 Å². The van der Waals surface area contributed by atoms with Gasteiger partial charge in [0, 0.05) is 50.4 Å². The lowest BCUT2D eigenvalue weighted by Crippen LogP contribution is -2.59. The number of halogens is 1. The quantitative estimate of drug-likeness (QED) is 0.573. The van der Waals surface area contributed by atoms with Gasteiger partial charge in [0.05, 0.1) is 17.9 Å². The number of alkyl halides is 1. The van der Waals surface area contributed by atoms with Crippen molar-refractivity contribution in [3.8, 4) is 0 Å². The molecule has 1 aliphatic carbocycles. The van der Waals surface area contributed by atoms with Crippen molar-refractivity contribution in [3.05, 3.63) is 0 Å². The lowest BCUT2D eigenvalue weighted by Gasteiger charge is -2.47. The molecule has 2 heterocycles. The smallest absolute Gasteiger partial charge is 0.225 e. The number of ether oxygens (including phenoxy) is 2. The molecule has 8 heteroatoms. The molecule has 7 unspecified atom stereocenters. The van der Waals surface area contributed by atoms with Crippen LogP contribution in [0.2, 0.25) is 0 Å². The van der Waals surface area contributed by atoms with Gasteiger partial charge in [0.25, 0.3) is 0 Å². The van der Waals surface area contributed by atoms with E-state index in [1.54, 1.807) is 7.11 Å². The van der Waals surface area contributed by atoms with Gasteiger partial charge in [-0.05, 0) is 51.5 Å². The van der Waals surface area contributed by atoms with Gasteiger partial charge in [0.15, 0.2) is 0 Å². The number of rotatable bonds is 7. The molecule has 2 amide bonds. The van der Waals surface area contributed by atoms with Crippen molar-refractivity contribution in [2.75, 3.05) is 33.4 Å². The van der Waals surface area contributed by atoms with E-state index < -0.39 is 0 Å². The fraction of sp³-hybridized carbons (Fsp3) is 0.913. The van der Waals surface area contributed by atoms with Gasteiger partial charge in [0.2, 0.25) is 11.8 Å². The van der Waals surface area contributed by atoms with Crippen LogP contribution in [0.1, 0.15) is 52.9 Å². The number of nitrogens with zero attached hydrogens (tertiary/aromatic N) is 1. The van der Waals surface area contributed by atoms with E-state index in [-0.39, 0.29) is 53.1 Å². The Morgan fingerprint density at radius 1 is 1.26 bits per heavy atom. The largest absolute Gasteiger partial charge is 0.381 e. The van der Waals surface area contributed by atoms with Gasteiger partial charge in [-0.15, -0.1) is 11.6 Å². The third kappa shape index (κ3) is 5.92. The standard InChI is InChI=1S/C23H40ClN3O4/c1-5-27(17-6-8-31-9-7-17)20-12-16(24)11-18(21(20)30-4)22(28)25-13-19-14(2)10-15(3)26-23(19)29/h14-21H,5-13H2,1-4H3,(H,25,28)(H,26,29). The second kappa shape index (κ2) is 11.3. The second-order valence-electron chi connectivity index (χ2n) is 9.59. The average molecular weight is 458 g/mol. The molecule has 0 aromatic carbocycles. The molecular formula is C23H40ClN3O4. The number of hydrogen-bond acceptors (Lipinski definition) is 5. The van der Waals surface area contributed by atoms with E-state index in [4.69, 9.17) is 21.1 Å². The Morgan fingerprint density at radius 2 is 1.97 bits per heavy atom. The molecule has 3 fully saturated rings. The molecule has 7 nitrogen and oxygen atoms in total. The Bertz CT molecular complexity index is 616. The first kappa shape index (κ1) is 24.7. The summed E-state index contributed by atoms with van der Waals surface area (Å²) in [6.07, 6.45) is 4.12. The lowest BCUT2D eigenvalue weighted by atomic mass is 9.79. The molecular weight excluding hydrogens is 418 g/mol. The van der Waals surface area contributed by atoms with Crippen LogP contribution in [0.5, 0.6) is 0 Å². The van der Waals surface area contributed by atoms with E-state index in [2.05, 4.69) is 29.4 Å². The third-order valence-electron chi connectivity index (χ3n) is 7.48. The summed E-state index contributed by atoms with van der Waals surface area (Å²) in [5, 5.41) is 6.00. The summed E-state index contributed by atoms with van der Waals surface area (Å²) in [5.74, 6) is -0.291. The fourth-order valence-corrected chi connectivity index (χ4v) is 6.25. The van der Waals surface area contributed by atoms with Crippen molar-refractivity contribution in [2.24, 2.45) is 17.8 Å². The molecule has 2 saturated heterocycles. The first-order valence-electron chi connectivity index (χ1n) is 11.9. The average Bonchev–Trinajstić information content (AvgIpc) is 2.73. The van der Waals surface area contributed by atoms with Crippen LogP contribution < -0.4 is 10.6 Å². The highest BCUT2D eigenvalue weighted by Gasteiger charge is 2.45. The van der Waals surface area contributed by atoms with Crippen LogP contribution in [0.4, 0.5) is 0 Å². The molecule has 0 radical (unpaired) electrons. The Morgan fingerprint density at radius 3 is 2.58 bits per heavy atom. The molecule has 0 spiro atoms. The summed E-state index contributed by atoms with van der Waals surface area (Å²) in [5.41, 5.74) is 0. The van der Waals surface area contributed by atoms with Crippen LogP contribution >= 0.6 is 11.6 Å². The number of carbonyl (C=O) groups excluding carboxylic acids is 2. The molecule has 0 aromatic heterocycles. The second-order valence-corrected chi connectivity index (χ2v) is 10.2. The fourth-order valence-electron chi connectivity index (χ4n) is 5.88. The number of carbonyl (C=O) groups is 2. The number of hydrogen-bond donors (Lipinski definition) is 2. The van der Waals surface area contributed by atoms with Gasteiger partial charge >= 0.3 is 0 Å². The Kier molecular flexibility index (Phi) is 9.02. The van der Waals surface area contributed by atoms with Crippen LogP contribution in [0, 0.1) is 17.8 Å². The van der Waals surface area contributed by atoms with Crippen molar-refractivity contribution in [3.63, 3.8) is 0 Å². The highest BCUT2D eigenvalue weighted by atomic mass is 35.5. The summed E-state index contributed by atoms with van der Waals surface area (Å²) in [7, 11) is 1.70. The van der Waals surface area contributed by atoms with Crippen molar-refractivity contribution in [1.29, 1.82) is 0 Å². The van der Waals surface area contributed by atoms with Gasteiger partial charge in [-0.25, -0.2) is 0 Å². The van der Waals surface area contributed by atoms with E-state index in [1.807, 2.05) is 6.92 Å². The number of amides is 2. The molecule has 7 atom stereocenters. The minimum absolute atomic E-state index is 0.0308. The molecule has 2 N–H and O–H groups in total. The third-order valence-corrected chi connectivity index (χ3v) is 7.83. The van der Waals surface area contributed by atoms with E-state index in [1.165, 1.54) is 0 Å². The zero-order chi connectivity index (χ0) is 22.5. The van der Waals surface area contributed by atoms with E-state index in [0.717, 1.165) is 45.4 Å². The van der Waals surface area contributed by atoms with Crippen molar-refractivity contribution < 1.29 is 19.1 Å². The summed E-state index contributed by atoms with van der Waals surface area (Å²) in [4.78, 5) is 28.1. The van der Waals surface area contributed by atoms with Crippen LogP contribution in [-0.2, 0) is 19.1 Å². The van der Waals surface area contributed by atoms with E-state index in [9.17, 15) is 9.59 Å². The molecule has 3 rings (SSSR count). The van der Waals surface area contributed by atoms with Crippen LogP contribution in [0.3, 0.4) is 0 Å². The first-order valence-corrected chi connectivity index (χ1v) is 12.4. The zero-order valence-corrected chi connectivity index (χ0v) is 20.2. The highest BCUT2D eigenvalue weighted by Crippen LogP contribution is 2.35. The van der Waals surface area contributed by atoms with Crippen molar-refractivity contribution >= 4 is 23.4 Å². The topological polar surface area (TPSA) is 79.9 Å².